The van der Waals surface area contributed by atoms with Crippen LogP contribution in [0.1, 0.15) is 81.9 Å². The first kappa shape index (κ1) is 15.1. The van der Waals surface area contributed by atoms with Crippen LogP contribution in [0.2, 0.25) is 0 Å². The van der Waals surface area contributed by atoms with E-state index in [0.29, 0.717) is 11.8 Å². The number of nitrogens with one attached hydrogen (secondary N) is 1. The van der Waals surface area contributed by atoms with Gasteiger partial charge in [-0.05, 0) is 49.6 Å². The van der Waals surface area contributed by atoms with Gasteiger partial charge >= 0.3 is 0 Å². The molecule has 1 unspecified atom stereocenters. The fourth-order valence-electron chi connectivity index (χ4n) is 4.28. The van der Waals surface area contributed by atoms with Crippen molar-refractivity contribution in [2.24, 2.45) is 5.92 Å². The van der Waals surface area contributed by atoms with Crippen molar-refractivity contribution in [3.05, 3.63) is 17.5 Å². The fraction of sp³-hybridized carbons (Fsp3) is 0.833. The summed E-state index contributed by atoms with van der Waals surface area (Å²) < 4.78 is 0. The van der Waals surface area contributed by atoms with Crippen molar-refractivity contribution in [3.63, 3.8) is 0 Å². The van der Waals surface area contributed by atoms with Crippen LogP contribution >= 0.6 is 0 Å². The molecule has 21 heavy (non-hydrogen) atoms. The minimum absolute atomic E-state index is 0.576. The summed E-state index contributed by atoms with van der Waals surface area (Å²) in [6.07, 6.45) is 12.0. The lowest BCUT2D eigenvalue weighted by Gasteiger charge is -2.36. The summed E-state index contributed by atoms with van der Waals surface area (Å²) in [4.78, 5) is 2.73. The highest BCUT2D eigenvalue weighted by Crippen LogP contribution is 2.32. The molecule has 0 amide bonds. The Bertz CT molecular complexity index is 431. The third-order valence-electron chi connectivity index (χ3n) is 5.48. The molecule has 1 aromatic rings. The fourth-order valence-corrected chi connectivity index (χ4v) is 4.28. The van der Waals surface area contributed by atoms with Gasteiger partial charge in [0.05, 0.1) is 6.20 Å². The number of rotatable bonds is 4. The second-order valence-electron chi connectivity index (χ2n) is 7.50. The van der Waals surface area contributed by atoms with Gasteiger partial charge in [0.1, 0.15) is 0 Å². The van der Waals surface area contributed by atoms with E-state index in [1.54, 1.807) is 0 Å². The summed E-state index contributed by atoms with van der Waals surface area (Å²) >= 11 is 0. The number of aromatic amines is 1. The van der Waals surface area contributed by atoms with Crippen molar-refractivity contribution in [1.82, 2.24) is 15.1 Å². The van der Waals surface area contributed by atoms with E-state index < -0.39 is 0 Å². The smallest absolute Gasteiger partial charge is 0.0524 e. The molecule has 2 aliphatic rings. The zero-order valence-corrected chi connectivity index (χ0v) is 13.8. The summed E-state index contributed by atoms with van der Waals surface area (Å²) in [6.45, 7) is 8.42. The molecule has 1 saturated heterocycles. The highest BCUT2D eigenvalue weighted by atomic mass is 15.2. The zero-order valence-electron chi connectivity index (χ0n) is 13.8. The Morgan fingerprint density at radius 3 is 2.76 bits per heavy atom. The van der Waals surface area contributed by atoms with Crippen LogP contribution in [0.15, 0.2) is 6.20 Å². The predicted molar refractivity (Wildman–Crippen MR) is 87.7 cm³/mol. The van der Waals surface area contributed by atoms with Crippen molar-refractivity contribution >= 4 is 0 Å². The monoisotopic (exact) mass is 289 g/mol. The van der Waals surface area contributed by atoms with E-state index in [1.165, 1.54) is 75.8 Å². The average Bonchev–Trinajstić information content (AvgIpc) is 2.98. The second kappa shape index (κ2) is 6.95. The Morgan fingerprint density at radius 2 is 2.00 bits per heavy atom. The lowest BCUT2D eigenvalue weighted by atomic mass is 9.86. The summed E-state index contributed by atoms with van der Waals surface area (Å²) in [7, 11) is 0. The van der Waals surface area contributed by atoms with E-state index in [0.717, 1.165) is 5.92 Å². The van der Waals surface area contributed by atoms with E-state index >= 15 is 0 Å². The van der Waals surface area contributed by atoms with Crippen molar-refractivity contribution in [2.45, 2.75) is 70.6 Å². The summed E-state index contributed by atoms with van der Waals surface area (Å²) in [5, 5.41) is 7.62. The van der Waals surface area contributed by atoms with Gasteiger partial charge in [0, 0.05) is 24.7 Å². The van der Waals surface area contributed by atoms with Crippen LogP contribution in [0.25, 0.3) is 0 Å². The molecule has 0 radical (unpaired) electrons. The van der Waals surface area contributed by atoms with Crippen LogP contribution in [0.3, 0.4) is 0 Å². The summed E-state index contributed by atoms with van der Waals surface area (Å²) in [5.74, 6) is 2.21. The molecule has 3 rings (SSSR count). The number of aromatic nitrogens is 2. The molecule has 0 bridgehead atoms. The highest BCUT2D eigenvalue weighted by molar-refractivity contribution is 5.24. The Kier molecular flexibility index (Phi) is 4.99. The van der Waals surface area contributed by atoms with Crippen LogP contribution in [0.4, 0.5) is 0 Å². The Labute approximate surface area is 129 Å². The SMILES string of the molecule is CC(C)c1cn[nH]c1C1CCCN(CC2CCCCC2)C1. The molecule has 2 heterocycles. The molecule has 1 saturated carbocycles. The molecule has 1 N–H and O–H groups in total. The van der Waals surface area contributed by atoms with Gasteiger partial charge in [-0.2, -0.15) is 5.10 Å². The van der Waals surface area contributed by atoms with E-state index in [9.17, 15) is 0 Å². The number of hydrogen-bond acceptors (Lipinski definition) is 2. The van der Waals surface area contributed by atoms with E-state index in [-0.39, 0.29) is 0 Å². The van der Waals surface area contributed by atoms with Gasteiger partial charge in [-0.25, -0.2) is 0 Å². The average molecular weight is 289 g/mol. The molecular weight excluding hydrogens is 258 g/mol. The van der Waals surface area contributed by atoms with Gasteiger partial charge in [-0.15, -0.1) is 0 Å². The van der Waals surface area contributed by atoms with E-state index in [1.807, 2.05) is 6.20 Å². The largest absolute Gasteiger partial charge is 0.302 e. The minimum Gasteiger partial charge on any atom is -0.302 e. The first-order valence-corrected chi connectivity index (χ1v) is 8.99. The summed E-state index contributed by atoms with van der Waals surface area (Å²) in [6, 6.07) is 0. The van der Waals surface area contributed by atoms with Crippen molar-refractivity contribution in [1.29, 1.82) is 0 Å². The number of H-pyrrole nitrogens is 1. The van der Waals surface area contributed by atoms with Gasteiger partial charge in [-0.3, -0.25) is 5.10 Å². The Balaban J connectivity index is 1.61. The molecular formula is C18H31N3. The van der Waals surface area contributed by atoms with Crippen LogP contribution < -0.4 is 0 Å². The zero-order chi connectivity index (χ0) is 14.7. The van der Waals surface area contributed by atoms with Crippen LogP contribution in [0.5, 0.6) is 0 Å². The predicted octanol–water partition coefficient (Wildman–Crippen LogP) is 4.29. The van der Waals surface area contributed by atoms with Gasteiger partial charge in [0.25, 0.3) is 0 Å². The number of piperidine rings is 1. The van der Waals surface area contributed by atoms with Gasteiger partial charge < -0.3 is 4.90 Å². The molecule has 3 heteroatoms. The van der Waals surface area contributed by atoms with Crippen LogP contribution in [-0.4, -0.2) is 34.7 Å². The normalized spacial score (nSPS) is 25.6. The topological polar surface area (TPSA) is 31.9 Å². The maximum Gasteiger partial charge on any atom is 0.0524 e. The van der Waals surface area contributed by atoms with Gasteiger partial charge in [0.15, 0.2) is 0 Å². The van der Waals surface area contributed by atoms with Crippen molar-refractivity contribution in [3.8, 4) is 0 Å². The summed E-state index contributed by atoms with van der Waals surface area (Å²) in [5.41, 5.74) is 2.85. The third-order valence-corrected chi connectivity index (χ3v) is 5.48. The first-order valence-electron chi connectivity index (χ1n) is 8.99. The lowest BCUT2D eigenvalue weighted by molar-refractivity contribution is 0.159. The second-order valence-corrected chi connectivity index (χ2v) is 7.50. The van der Waals surface area contributed by atoms with Crippen LogP contribution in [0, 0.1) is 5.92 Å². The third kappa shape index (κ3) is 3.68. The minimum atomic E-state index is 0.576. The Hall–Kier alpha value is -0.830. The number of hydrogen-bond donors (Lipinski definition) is 1. The molecule has 118 valence electrons. The molecule has 0 spiro atoms. The van der Waals surface area contributed by atoms with Gasteiger partial charge in [-0.1, -0.05) is 33.1 Å². The quantitative estimate of drug-likeness (QED) is 0.896. The Morgan fingerprint density at radius 1 is 1.19 bits per heavy atom. The molecule has 1 aromatic heterocycles. The molecule has 0 aromatic carbocycles. The molecule has 1 atom stereocenters. The maximum atomic E-state index is 4.32. The highest BCUT2D eigenvalue weighted by Gasteiger charge is 2.27. The first-order chi connectivity index (χ1) is 10.2. The molecule has 2 fully saturated rings. The number of likely N-dealkylation sites (tertiary alicyclic amines) is 1. The van der Waals surface area contributed by atoms with Crippen molar-refractivity contribution < 1.29 is 0 Å². The van der Waals surface area contributed by atoms with Crippen molar-refractivity contribution in [2.75, 3.05) is 19.6 Å². The maximum absolute atomic E-state index is 4.32. The molecule has 3 nitrogen and oxygen atoms in total. The van der Waals surface area contributed by atoms with Crippen LogP contribution in [-0.2, 0) is 0 Å². The standard InChI is InChI=1S/C18H31N3/c1-14(2)17-11-19-20-18(17)16-9-6-10-21(13-16)12-15-7-4-3-5-8-15/h11,14-16H,3-10,12-13H2,1-2H3,(H,19,20). The van der Waals surface area contributed by atoms with Gasteiger partial charge in [0.2, 0.25) is 0 Å². The molecule has 1 aliphatic heterocycles. The number of nitrogens with zero attached hydrogens (tertiary/aromatic N) is 2. The van der Waals surface area contributed by atoms with E-state index in [2.05, 4.69) is 28.9 Å². The lowest BCUT2D eigenvalue weighted by Crippen LogP contribution is -2.38. The van der Waals surface area contributed by atoms with E-state index in [4.69, 9.17) is 0 Å². The molecule has 1 aliphatic carbocycles.